The number of halogens is 2. The highest BCUT2D eigenvalue weighted by Gasteiger charge is 2.18. The molecule has 0 saturated heterocycles. The smallest absolute Gasteiger partial charge is 0.183 e. The van der Waals surface area contributed by atoms with Crippen LogP contribution in [0.3, 0.4) is 0 Å². The van der Waals surface area contributed by atoms with Gasteiger partial charge in [0.05, 0.1) is 8.95 Å². The summed E-state index contributed by atoms with van der Waals surface area (Å²) in [6.45, 7) is 4.54. The van der Waals surface area contributed by atoms with Gasteiger partial charge < -0.3 is 0 Å². The molecular formula is C16H20Br2N2+2. The number of rotatable bonds is 5. The van der Waals surface area contributed by atoms with E-state index in [2.05, 4.69) is 104 Å². The van der Waals surface area contributed by atoms with Crippen LogP contribution in [0.4, 0.5) is 0 Å². The van der Waals surface area contributed by atoms with Crippen LogP contribution in [-0.2, 0) is 0 Å². The van der Waals surface area contributed by atoms with E-state index < -0.39 is 0 Å². The van der Waals surface area contributed by atoms with Crippen molar-refractivity contribution >= 4 is 31.9 Å². The molecule has 2 nitrogen and oxygen atoms in total. The summed E-state index contributed by atoms with van der Waals surface area (Å²) in [6.07, 6.45) is 10.9. The van der Waals surface area contributed by atoms with Crippen LogP contribution < -0.4 is 9.13 Å². The van der Waals surface area contributed by atoms with Gasteiger partial charge in [0.1, 0.15) is 0 Å². The Bertz CT molecular complexity index is 520. The van der Waals surface area contributed by atoms with Gasteiger partial charge in [0.15, 0.2) is 36.9 Å². The molecule has 0 aliphatic rings. The molecule has 2 rings (SSSR count). The number of hydrogen-bond acceptors (Lipinski definition) is 0. The van der Waals surface area contributed by atoms with Crippen molar-refractivity contribution in [1.29, 1.82) is 0 Å². The number of aromatic nitrogens is 2. The van der Waals surface area contributed by atoms with Crippen molar-refractivity contribution in [3.8, 4) is 0 Å². The summed E-state index contributed by atoms with van der Waals surface area (Å²) in [7, 11) is 0. The van der Waals surface area contributed by atoms with E-state index >= 15 is 0 Å². The Morgan fingerprint density at radius 3 is 1.60 bits per heavy atom. The molecule has 0 saturated carbocycles. The summed E-state index contributed by atoms with van der Waals surface area (Å²) in [5.74, 6) is 0. The fourth-order valence-electron chi connectivity index (χ4n) is 2.25. The molecule has 0 radical (unpaired) electrons. The highest BCUT2D eigenvalue weighted by Crippen LogP contribution is 2.14. The van der Waals surface area contributed by atoms with Gasteiger partial charge in [-0.05, 0) is 57.8 Å². The predicted molar refractivity (Wildman–Crippen MR) is 87.3 cm³/mol. The third kappa shape index (κ3) is 4.38. The summed E-state index contributed by atoms with van der Waals surface area (Å²) >= 11 is 7.05. The van der Waals surface area contributed by atoms with Crippen molar-refractivity contribution in [1.82, 2.24) is 0 Å². The fourth-order valence-corrected chi connectivity index (χ4v) is 3.03. The number of hydrogen-bond donors (Lipinski definition) is 0. The van der Waals surface area contributed by atoms with Crippen molar-refractivity contribution in [3.63, 3.8) is 0 Å². The molecule has 106 valence electrons. The average Bonchev–Trinajstić information content (AvgIpc) is 2.44. The summed E-state index contributed by atoms with van der Waals surface area (Å²) in [5.41, 5.74) is 0. The van der Waals surface area contributed by atoms with Gasteiger partial charge in [-0.25, -0.2) is 9.13 Å². The Labute approximate surface area is 137 Å². The van der Waals surface area contributed by atoms with Crippen LogP contribution >= 0.6 is 31.9 Å². The molecule has 20 heavy (non-hydrogen) atoms. The molecule has 0 aromatic carbocycles. The van der Waals surface area contributed by atoms with E-state index in [1.807, 2.05) is 0 Å². The molecule has 0 fully saturated rings. The standard InChI is InChI=1S/C16H20Br2N2/c1-13(19-9-3-5-15(17)11-19)7-8-14(2)20-10-4-6-16(18)12-20/h3-6,9-14H,7-8H2,1-2H3/q+2/t13-,14+. The summed E-state index contributed by atoms with van der Waals surface area (Å²) < 4.78 is 6.78. The maximum Gasteiger partial charge on any atom is 0.183 e. The molecule has 0 spiro atoms. The lowest BCUT2D eigenvalue weighted by molar-refractivity contribution is -0.732. The third-order valence-electron chi connectivity index (χ3n) is 3.59. The average molecular weight is 400 g/mol. The normalized spacial score (nSPS) is 14.0. The van der Waals surface area contributed by atoms with Crippen molar-refractivity contribution in [2.75, 3.05) is 0 Å². The molecule has 0 N–H and O–H groups in total. The molecule has 2 aromatic heterocycles. The van der Waals surface area contributed by atoms with E-state index in [0.29, 0.717) is 12.1 Å². The topological polar surface area (TPSA) is 7.76 Å². The maximum atomic E-state index is 3.52. The Hall–Kier alpha value is -0.740. The van der Waals surface area contributed by atoms with Crippen LogP contribution in [-0.4, -0.2) is 0 Å². The van der Waals surface area contributed by atoms with Crippen LogP contribution in [0.5, 0.6) is 0 Å². The molecule has 4 heteroatoms. The second kappa shape index (κ2) is 7.32. The zero-order valence-electron chi connectivity index (χ0n) is 11.8. The molecule has 0 unspecified atom stereocenters. The number of pyridine rings is 2. The Morgan fingerprint density at radius 2 is 1.25 bits per heavy atom. The molecular weight excluding hydrogens is 380 g/mol. The zero-order valence-corrected chi connectivity index (χ0v) is 15.0. The van der Waals surface area contributed by atoms with Gasteiger partial charge in [0.2, 0.25) is 0 Å². The summed E-state index contributed by atoms with van der Waals surface area (Å²) in [4.78, 5) is 0. The minimum absolute atomic E-state index is 0.503. The second-order valence-electron chi connectivity index (χ2n) is 5.21. The van der Waals surface area contributed by atoms with Crippen LogP contribution in [0.1, 0.15) is 38.8 Å². The van der Waals surface area contributed by atoms with Crippen molar-refractivity contribution in [2.45, 2.75) is 38.8 Å². The fraction of sp³-hybridized carbons (Fsp3) is 0.375. The van der Waals surface area contributed by atoms with Crippen LogP contribution in [0, 0.1) is 0 Å². The Kier molecular flexibility index (Phi) is 5.73. The molecule has 2 aromatic rings. The third-order valence-corrected chi connectivity index (χ3v) is 4.53. The van der Waals surface area contributed by atoms with Crippen LogP contribution in [0.15, 0.2) is 58.0 Å². The van der Waals surface area contributed by atoms with Gasteiger partial charge in [-0.15, -0.1) is 0 Å². The van der Waals surface area contributed by atoms with Gasteiger partial charge in [0.25, 0.3) is 0 Å². The monoisotopic (exact) mass is 398 g/mol. The van der Waals surface area contributed by atoms with Crippen molar-refractivity contribution in [2.24, 2.45) is 0 Å². The lowest BCUT2D eigenvalue weighted by atomic mass is 10.1. The lowest BCUT2D eigenvalue weighted by Crippen LogP contribution is -2.40. The SMILES string of the molecule is C[C@H](CC[C@H](C)[n+]1cccc(Br)c1)[n+]1cccc(Br)c1. The van der Waals surface area contributed by atoms with Gasteiger partial charge >= 0.3 is 0 Å². The summed E-state index contributed by atoms with van der Waals surface area (Å²) in [6, 6.07) is 9.28. The quantitative estimate of drug-likeness (QED) is 0.658. The Balaban J connectivity index is 1.94. The molecule has 0 bridgehead atoms. The van der Waals surface area contributed by atoms with E-state index in [4.69, 9.17) is 0 Å². The largest absolute Gasteiger partial charge is 0.202 e. The Morgan fingerprint density at radius 1 is 0.850 bits per heavy atom. The maximum absolute atomic E-state index is 3.52. The van der Waals surface area contributed by atoms with Crippen molar-refractivity contribution in [3.05, 3.63) is 58.0 Å². The van der Waals surface area contributed by atoms with Gasteiger partial charge in [-0.1, -0.05) is 0 Å². The first-order chi connectivity index (χ1) is 9.56. The predicted octanol–water partition coefficient (Wildman–Crippen LogP) is 4.39. The first kappa shape index (κ1) is 15.6. The first-order valence-corrected chi connectivity index (χ1v) is 8.47. The molecule has 0 aliphatic heterocycles. The first-order valence-electron chi connectivity index (χ1n) is 6.89. The van der Waals surface area contributed by atoms with Gasteiger partial charge in [-0.2, -0.15) is 0 Å². The van der Waals surface area contributed by atoms with E-state index in [1.54, 1.807) is 0 Å². The zero-order chi connectivity index (χ0) is 14.5. The molecule has 2 heterocycles. The second-order valence-corrected chi connectivity index (χ2v) is 7.05. The van der Waals surface area contributed by atoms with Crippen LogP contribution in [0.2, 0.25) is 0 Å². The lowest BCUT2D eigenvalue weighted by Gasteiger charge is -2.10. The highest BCUT2D eigenvalue weighted by molar-refractivity contribution is 9.10. The number of nitrogens with zero attached hydrogens (tertiary/aromatic N) is 2. The molecule has 0 amide bonds. The van der Waals surface area contributed by atoms with E-state index in [-0.39, 0.29) is 0 Å². The minimum atomic E-state index is 0.503. The van der Waals surface area contributed by atoms with E-state index in [9.17, 15) is 0 Å². The highest BCUT2D eigenvalue weighted by atomic mass is 79.9. The minimum Gasteiger partial charge on any atom is -0.202 e. The molecule has 0 aliphatic carbocycles. The van der Waals surface area contributed by atoms with Gasteiger partial charge in [0, 0.05) is 25.0 Å². The van der Waals surface area contributed by atoms with Crippen molar-refractivity contribution < 1.29 is 9.13 Å². The van der Waals surface area contributed by atoms with E-state index in [0.717, 1.165) is 21.8 Å². The molecule has 2 atom stereocenters. The van der Waals surface area contributed by atoms with Gasteiger partial charge in [-0.3, -0.25) is 0 Å². The summed E-state index contributed by atoms with van der Waals surface area (Å²) in [5, 5.41) is 0. The van der Waals surface area contributed by atoms with E-state index in [1.165, 1.54) is 0 Å². The van der Waals surface area contributed by atoms with Crippen LogP contribution in [0.25, 0.3) is 0 Å².